The maximum atomic E-state index is 9.17. The molecule has 1 saturated carbocycles. The van der Waals surface area contributed by atoms with E-state index in [2.05, 4.69) is 11.2 Å². The Labute approximate surface area is 94.6 Å². The Kier molecular flexibility index (Phi) is 2.47. The molecule has 0 aliphatic heterocycles. The Morgan fingerprint density at radius 3 is 2.60 bits per heavy atom. The van der Waals surface area contributed by atoms with Gasteiger partial charge in [0, 0.05) is 12.6 Å². The van der Waals surface area contributed by atoms with E-state index in [9.17, 15) is 0 Å². The molecule has 1 aliphatic rings. The van der Waals surface area contributed by atoms with Crippen LogP contribution in [0.2, 0.25) is 5.15 Å². The van der Waals surface area contributed by atoms with Gasteiger partial charge in [0.25, 0.3) is 0 Å². The molecule has 4 heteroatoms. The third kappa shape index (κ3) is 1.63. The molecule has 0 saturated heterocycles. The van der Waals surface area contributed by atoms with Crippen LogP contribution in [0.5, 0.6) is 0 Å². The molecule has 0 spiro atoms. The molecule has 15 heavy (non-hydrogen) atoms. The SMILES string of the molecule is Cc1nn(C)c(Cl)c1CC1(C#N)CCC1. The molecule has 0 N–H and O–H groups in total. The number of nitriles is 1. The number of hydrogen-bond acceptors (Lipinski definition) is 2. The van der Waals surface area contributed by atoms with E-state index < -0.39 is 0 Å². The van der Waals surface area contributed by atoms with E-state index in [1.807, 2.05) is 14.0 Å². The highest BCUT2D eigenvalue weighted by molar-refractivity contribution is 6.30. The van der Waals surface area contributed by atoms with Gasteiger partial charge in [-0.2, -0.15) is 10.4 Å². The molecule has 1 aromatic rings. The van der Waals surface area contributed by atoms with Crippen molar-refractivity contribution in [2.24, 2.45) is 12.5 Å². The Hall–Kier alpha value is -1.01. The predicted molar refractivity (Wildman–Crippen MR) is 58.6 cm³/mol. The minimum Gasteiger partial charge on any atom is -0.257 e. The fourth-order valence-corrected chi connectivity index (χ4v) is 2.39. The van der Waals surface area contributed by atoms with Crippen molar-refractivity contribution in [3.8, 4) is 6.07 Å². The third-order valence-corrected chi connectivity index (χ3v) is 3.81. The van der Waals surface area contributed by atoms with Crippen LogP contribution in [-0.2, 0) is 13.5 Å². The topological polar surface area (TPSA) is 41.6 Å². The number of aryl methyl sites for hydroxylation is 2. The highest BCUT2D eigenvalue weighted by atomic mass is 35.5. The van der Waals surface area contributed by atoms with E-state index in [0.29, 0.717) is 5.15 Å². The number of rotatable bonds is 2. The van der Waals surface area contributed by atoms with Crippen molar-refractivity contribution in [1.82, 2.24) is 9.78 Å². The average molecular weight is 224 g/mol. The first-order valence-corrected chi connectivity index (χ1v) is 5.55. The largest absolute Gasteiger partial charge is 0.257 e. The van der Waals surface area contributed by atoms with Crippen molar-refractivity contribution in [1.29, 1.82) is 5.26 Å². The van der Waals surface area contributed by atoms with Gasteiger partial charge in [0.1, 0.15) is 5.15 Å². The van der Waals surface area contributed by atoms with Gasteiger partial charge in [0.15, 0.2) is 0 Å². The Morgan fingerprint density at radius 2 is 2.27 bits per heavy atom. The van der Waals surface area contributed by atoms with Crippen LogP contribution in [0, 0.1) is 23.7 Å². The molecule has 0 bridgehead atoms. The maximum absolute atomic E-state index is 9.17. The summed E-state index contributed by atoms with van der Waals surface area (Å²) in [5.74, 6) is 0. The highest BCUT2D eigenvalue weighted by Crippen LogP contribution is 2.44. The zero-order valence-electron chi connectivity index (χ0n) is 9.05. The molecule has 0 atom stereocenters. The van der Waals surface area contributed by atoms with Crippen LogP contribution in [-0.4, -0.2) is 9.78 Å². The van der Waals surface area contributed by atoms with Gasteiger partial charge in [-0.1, -0.05) is 18.0 Å². The molecule has 1 heterocycles. The zero-order chi connectivity index (χ0) is 11.1. The molecule has 80 valence electrons. The van der Waals surface area contributed by atoms with Gasteiger partial charge < -0.3 is 0 Å². The monoisotopic (exact) mass is 223 g/mol. The van der Waals surface area contributed by atoms with Crippen LogP contribution in [0.15, 0.2) is 0 Å². The fourth-order valence-electron chi connectivity index (χ4n) is 2.14. The molecule has 0 unspecified atom stereocenters. The lowest BCUT2D eigenvalue weighted by molar-refractivity contribution is 0.214. The Morgan fingerprint density at radius 1 is 1.60 bits per heavy atom. The molecular formula is C11H14ClN3. The Balaban J connectivity index is 2.28. The fraction of sp³-hybridized carbons (Fsp3) is 0.636. The number of halogens is 1. The highest BCUT2D eigenvalue weighted by Gasteiger charge is 2.38. The number of aromatic nitrogens is 2. The van der Waals surface area contributed by atoms with Crippen molar-refractivity contribution < 1.29 is 0 Å². The second-order valence-corrected chi connectivity index (χ2v) is 4.76. The first-order chi connectivity index (χ1) is 7.08. The van der Waals surface area contributed by atoms with Gasteiger partial charge in [-0.25, -0.2) is 0 Å². The van der Waals surface area contributed by atoms with Gasteiger partial charge in [-0.05, 0) is 26.2 Å². The molecule has 3 nitrogen and oxygen atoms in total. The van der Waals surface area contributed by atoms with E-state index in [4.69, 9.17) is 16.9 Å². The minimum atomic E-state index is -0.169. The predicted octanol–water partition coefficient (Wildman–Crippen LogP) is 2.62. The van der Waals surface area contributed by atoms with Crippen molar-refractivity contribution in [3.63, 3.8) is 0 Å². The zero-order valence-corrected chi connectivity index (χ0v) is 9.80. The summed E-state index contributed by atoms with van der Waals surface area (Å²) in [6, 6.07) is 2.43. The lowest BCUT2D eigenvalue weighted by atomic mass is 9.66. The molecule has 0 aromatic carbocycles. The van der Waals surface area contributed by atoms with E-state index in [1.165, 1.54) is 0 Å². The average Bonchev–Trinajstić information content (AvgIpc) is 2.37. The first-order valence-electron chi connectivity index (χ1n) is 5.17. The summed E-state index contributed by atoms with van der Waals surface area (Å²) in [5.41, 5.74) is 1.82. The van der Waals surface area contributed by atoms with Crippen molar-refractivity contribution in [3.05, 3.63) is 16.4 Å². The smallest absolute Gasteiger partial charge is 0.130 e. The van der Waals surface area contributed by atoms with Crippen molar-refractivity contribution in [2.45, 2.75) is 32.6 Å². The summed E-state index contributed by atoms with van der Waals surface area (Å²) in [4.78, 5) is 0. The lowest BCUT2D eigenvalue weighted by Gasteiger charge is -2.35. The van der Waals surface area contributed by atoms with Crippen LogP contribution in [0.1, 0.15) is 30.5 Å². The summed E-state index contributed by atoms with van der Waals surface area (Å²) in [7, 11) is 1.83. The molecule has 2 rings (SSSR count). The summed E-state index contributed by atoms with van der Waals surface area (Å²) in [6.45, 7) is 1.95. The summed E-state index contributed by atoms with van der Waals surface area (Å²) >= 11 is 6.15. The quantitative estimate of drug-likeness (QED) is 0.774. The van der Waals surface area contributed by atoms with Crippen molar-refractivity contribution in [2.75, 3.05) is 0 Å². The third-order valence-electron chi connectivity index (χ3n) is 3.33. The van der Waals surface area contributed by atoms with Crippen molar-refractivity contribution >= 4 is 11.6 Å². The molecule has 1 fully saturated rings. The van der Waals surface area contributed by atoms with E-state index in [-0.39, 0.29) is 5.41 Å². The van der Waals surface area contributed by atoms with Gasteiger partial charge in [-0.15, -0.1) is 0 Å². The van der Waals surface area contributed by atoms with E-state index >= 15 is 0 Å². The molecule has 1 aliphatic carbocycles. The van der Waals surface area contributed by atoms with Crippen LogP contribution >= 0.6 is 11.6 Å². The summed E-state index contributed by atoms with van der Waals surface area (Å²) in [6.07, 6.45) is 3.90. The normalized spacial score (nSPS) is 18.3. The molecule has 0 amide bonds. The molecule has 1 aromatic heterocycles. The number of nitrogens with zero attached hydrogens (tertiary/aromatic N) is 3. The van der Waals surface area contributed by atoms with Crippen LogP contribution in [0.4, 0.5) is 0 Å². The molecule has 0 radical (unpaired) electrons. The van der Waals surface area contributed by atoms with Crippen LogP contribution < -0.4 is 0 Å². The number of hydrogen-bond donors (Lipinski definition) is 0. The van der Waals surface area contributed by atoms with E-state index in [1.54, 1.807) is 4.68 Å². The van der Waals surface area contributed by atoms with Gasteiger partial charge in [0.05, 0.1) is 17.2 Å². The van der Waals surface area contributed by atoms with E-state index in [0.717, 1.165) is 36.9 Å². The van der Waals surface area contributed by atoms with Gasteiger partial charge >= 0.3 is 0 Å². The summed E-state index contributed by atoms with van der Waals surface area (Å²) in [5, 5.41) is 14.1. The first kappa shape index (κ1) is 10.5. The maximum Gasteiger partial charge on any atom is 0.130 e. The lowest BCUT2D eigenvalue weighted by Crippen LogP contribution is -2.30. The van der Waals surface area contributed by atoms with Crippen LogP contribution in [0.25, 0.3) is 0 Å². The molecular weight excluding hydrogens is 210 g/mol. The minimum absolute atomic E-state index is 0.169. The second-order valence-electron chi connectivity index (χ2n) is 4.40. The Bertz CT molecular complexity index is 424. The standard InChI is InChI=1S/C11H14ClN3/c1-8-9(10(12)15(2)14-8)6-11(7-13)4-3-5-11/h3-6H2,1-2H3. The van der Waals surface area contributed by atoms with Crippen LogP contribution in [0.3, 0.4) is 0 Å². The second kappa shape index (κ2) is 3.53. The van der Waals surface area contributed by atoms with Gasteiger partial charge in [0.2, 0.25) is 0 Å². The van der Waals surface area contributed by atoms with Gasteiger partial charge in [-0.3, -0.25) is 4.68 Å². The summed E-state index contributed by atoms with van der Waals surface area (Å²) < 4.78 is 1.68.